The number of fused-ring (bicyclic) bond motifs is 1. The number of para-hydroxylation sites is 1. The molecule has 1 saturated heterocycles. The summed E-state index contributed by atoms with van der Waals surface area (Å²) in [4.78, 5) is 12.1. The molecule has 0 saturated carbocycles. The smallest absolute Gasteiger partial charge is 0.239 e. The van der Waals surface area contributed by atoms with Crippen molar-refractivity contribution in [3.63, 3.8) is 0 Å². The molecule has 2 atom stereocenters. The number of carbonyl (C=O) groups excluding carboxylic acids is 1. The summed E-state index contributed by atoms with van der Waals surface area (Å²) in [6.07, 6.45) is 0.590. The monoisotopic (exact) mass is 288 g/mol. The Morgan fingerprint density at radius 2 is 2.29 bits per heavy atom. The van der Waals surface area contributed by atoms with E-state index >= 15 is 0 Å². The van der Waals surface area contributed by atoms with Crippen LogP contribution in [-0.4, -0.2) is 37.7 Å². The number of ether oxygens (including phenoxy) is 1. The van der Waals surface area contributed by atoms with Crippen molar-refractivity contribution in [2.24, 2.45) is 0 Å². The lowest BCUT2D eigenvalue weighted by molar-refractivity contribution is -0.128. The van der Waals surface area contributed by atoms with Crippen LogP contribution in [0, 0.1) is 0 Å². The third-order valence-electron chi connectivity index (χ3n) is 3.75. The molecular weight excluding hydrogens is 268 g/mol. The van der Waals surface area contributed by atoms with Crippen LogP contribution in [0.2, 0.25) is 0 Å². The van der Waals surface area contributed by atoms with E-state index in [1.807, 2.05) is 37.3 Å². The molecule has 0 unspecified atom stereocenters. The standard InChI is InChI=1S/C16H20N2O3/c1-11-15(17-8-9-20-11)16(19)18-7-6-13-10-12-4-2-3-5-14(12)21-13/h2-5,10-11,15,17H,6-9H2,1H3,(H,18,19)/t11-,15+/m1/s1. The first-order chi connectivity index (χ1) is 10.2. The maximum Gasteiger partial charge on any atom is 0.239 e. The van der Waals surface area contributed by atoms with Crippen molar-refractivity contribution in [3.8, 4) is 0 Å². The summed E-state index contributed by atoms with van der Waals surface area (Å²) in [5.41, 5.74) is 0.884. The van der Waals surface area contributed by atoms with Crippen LogP contribution in [0.15, 0.2) is 34.7 Å². The van der Waals surface area contributed by atoms with E-state index in [0.29, 0.717) is 26.1 Å². The maximum absolute atomic E-state index is 12.1. The van der Waals surface area contributed by atoms with Crippen LogP contribution in [0.3, 0.4) is 0 Å². The van der Waals surface area contributed by atoms with Crippen LogP contribution in [0.5, 0.6) is 0 Å². The third kappa shape index (κ3) is 3.25. The van der Waals surface area contributed by atoms with Crippen molar-refractivity contribution < 1.29 is 13.9 Å². The van der Waals surface area contributed by atoms with E-state index in [9.17, 15) is 4.79 Å². The van der Waals surface area contributed by atoms with Gasteiger partial charge >= 0.3 is 0 Å². The third-order valence-corrected chi connectivity index (χ3v) is 3.75. The molecule has 2 N–H and O–H groups in total. The zero-order chi connectivity index (χ0) is 14.7. The molecule has 0 aliphatic carbocycles. The molecule has 1 aliphatic rings. The first kappa shape index (κ1) is 14.1. The summed E-state index contributed by atoms with van der Waals surface area (Å²) < 4.78 is 11.2. The average molecular weight is 288 g/mol. The highest BCUT2D eigenvalue weighted by Gasteiger charge is 2.27. The Balaban J connectivity index is 1.52. The SMILES string of the molecule is C[C@H]1OCCN[C@@H]1C(=O)NCCc1cc2ccccc2o1. The molecule has 1 aromatic carbocycles. The molecular formula is C16H20N2O3. The van der Waals surface area contributed by atoms with Crippen molar-refractivity contribution >= 4 is 16.9 Å². The van der Waals surface area contributed by atoms with Gasteiger partial charge in [-0.3, -0.25) is 4.79 Å². The fraction of sp³-hybridized carbons (Fsp3) is 0.438. The van der Waals surface area contributed by atoms with Crippen LogP contribution >= 0.6 is 0 Å². The van der Waals surface area contributed by atoms with Gasteiger partial charge in [0.25, 0.3) is 0 Å². The van der Waals surface area contributed by atoms with E-state index in [1.165, 1.54) is 0 Å². The van der Waals surface area contributed by atoms with Crippen LogP contribution in [0.1, 0.15) is 12.7 Å². The van der Waals surface area contributed by atoms with Gasteiger partial charge in [0.2, 0.25) is 5.91 Å². The zero-order valence-electron chi connectivity index (χ0n) is 12.1. The average Bonchev–Trinajstić information content (AvgIpc) is 2.90. The van der Waals surface area contributed by atoms with Crippen LogP contribution in [0.4, 0.5) is 0 Å². The van der Waals surface area contributed by atoms with Crippen LogP contribution in [-0.2, 0) is 16.0 Å². The van der Waals surface area contributed by atoms with Crippen LogP contribution in [0.25, 0.3) is 11.0 Å². The molecule has 21 heavy (non-hydrogen) atoms. The van der Waals surface area contributed by atoms with Gasteiger partial charge in [0.05, 0.1) is 12.7 Å². The van der Waals surface area contributed by atoms with Gasteiger partial charge in [-0.05, 0) is 19.1 Å². The molecule has 1 aliphatic heterocycles. The van der Waals surface area contributed by atoms with Gasteiger partial charge in [0, 0.05) is 24.9 Å². The predicted octanol–water partition coefficient (Wildman–Crippen LogP) is 1.47. The predicted molar refractivity (Wildman–Crippen MR) is 80.1 cm³/mol. The fourth-order valence-corrected chi connectivity index (χ4v) is 2.61. The second-order valence-electron chi connectivity index (χ2n) is 5.30. The number of hydrogen-bond donors (Lipinski definition) is 2. The minimum absolute atomic E-state index is 0.0155. The lowest BCUT2D eigenvalue weighted by Gasteiger charge is -2.29. The van der Waals surface area contributed by atoms with E-state index in [0.717, 1.165) is 16.7 Å². The Hall–Kier alpha value is -1.85. The summed E-state index contributed by atoms with van der Waals surface area (Å²) in [6, 6.07) is 9.65. The van der Waals surface area contributed by atoms with Gasteiger partial charge < -0.3 is 19.8 Å². The lowest BCUT2D eigenvalue weighted by Crippen LogP contribution is -2.55. The molecule has 5 heteroatoms. The van der Waals surface area contributed by atoms with Gasteiger partial charge in [-0.15, -0.1) is 0 Å². The molecule has 0 radical (unpaired) electrons. The number of morpholine rings is 1. The van der Waals surface area contributed by atoms with Gasteiger partial charge in [0.15, 0.2) is 0 Å². The summed E-state index contributed by atoms with van der Waals surface area (Å²) in [7, 11) is 0. The molecule has 112 valence electrons. The summed E-state index contributed by atoms with van der Waals surface area (Å²) in [5, 5.41) is 7.20. The first-order valence-electron chi connectivity index (χ1n) is 7.34. The first-order valence-corrected chi connectivity index (χ1v) is 7.34. The van der Waals surface area contributed by atoms with Gasteiger partial charge in [-0.2, -0.15) is 0 Å². The second kappa shape index (κ2) is 6.28. The molecule has 1 aromatic heterocycles. The number of hydrogen-bond acceptors (Lipinski definition) is 4. The van der Waals surface area contributed by atoms with Crippen molar-refractivity contribution in [1.29, 1.82) is 0 Å². The molecule has 2 aromatic rings. The van der Waals surface area contributed by atoms with Crippen molar-refractivity contribution in [2.75, 3.05) is 19.7 Å². The Morgan fingerprint density at radius 3 is 3.10 bits per heavy atom. The highest BCUT2D eigenvalue weighted by Crippen LogP contribution is 2.18. The quantitative estimate of drug-likeness (QED) is 0.894. The fourth-order valence-electron chi connectivity index (χ4n) is 2.61. The number of rotatable bonds is 4. The summed E-state index contributed by atoms with van der Waals surface area (Å²) in [5.74, 6) is 0.871. The van der Waals surface area contributed by atoms with Gasteiger partial charge in [-0.25, -0.2) is 0 Å². The molecule has 1 amide bonds. The van der Waals surface area contributed by atoms with Crippen LogP contribution < -0.4 is 10.6 Å². The molecule has 0 spiro atoms. The largest absolute Gasteiger partial charge is 0.461 e. The van der Waals surface area contributed by atoms with E-state index in [4.69, 9.17) is 9.15 Å². The molecule has 0 bridgehead atoms. The summed E-state index contributed by atoms with van der Waals surface area (Å²) >= 11 is 0. The lowest BCUT2D eigenvalue weighted by atomic mass is 10.1. The van der Waals surface area contributed by atoms with Gasteiger partial charge in [0.1, 0.15) is 17.4 Å². The van der Waals surface area contributed by atoms with Crippen molar-refractivity contribution in [2.45, 2.75) is 25.5 Å². The number of amides is 1. The highest BCUT2D eigenvalue weighted by atomic mass is 16.5. The Bertz CT molecular complexity index is 590. The number of benzene rings is 1. The minimum atomic E-state index is -0.269. The normalized spacial score (nSPS) is 22.3. The van der Waals surface area contributed by atoms with E-state index < -0.39 is 0 Å². The number of carbonyl (C=O) groups is 1. The second-order valence-corrected chi connectivity index (χ2v) is 5.30. The van der Waals surface area contributed by atoms with Gasteiger partial charge in [-0.1, -0.05) is 18.2 Å². The van der Waals surface area contributed by atoms with Crippen molar-refractivity contribution in [1.82, 2.24) is 10.6 Å². The highest BCUT2D eigenvalue weighted by molar-refractivity contribution is 5.82. The zero-order valence-corrected chi connectivity index (χ0v) is 12.1. The Kier molecular flexibility index (Phi) is 4.22. The molecule has 3 rings (SSSR count). The van der Waals surface area contributed by atoms with E-state index in [2.05, 4.69) is 10.6 Å². The molecule has 2 heterocycles. The summed E-state index contributed by atoms with van der Waals surface area (Å²) in [6.45, 7) is 3.84. The van der Waals surface area contributed by atoms with Crippen molar-refractivity contribution in [3.05, 3.63) is 36.1 Å². The van der Waals surface area contributed by atoms with E-state index in [1.54, 1.807) is 0 Å². The topological polar surface area (TPSA) is 63.5 Å². The minimum Gasteiger partial charge on any atom is -0.461 e. The Labute approximate surface area is 123 Å². The number of furan rings is 1. The van der Waals surface area contributed by atoms with E-state index in [-0.39, 0.29) is 18.1 Å². The molecule has 5 nitrogen and oxygen atoms in total. The number of nitrogens with one attached hydrogen (secondary N) is 2. The molecule has 1 fully saturated rings. The maximum atomic E-state index is 12.1. The Morgan fingerprint density at radius 1 is 1.43 bits per heavy atom.